The zero-order valence-electron chi connectivity index (χ0n) is 12.6. The predicted octanol–water partition coefficient (Wildman–Crippen LogP) is 2.52. The van der Waals surface area contributed by atoms with Crippen LogP contribution in [-0.4, -0.2) is 35.8 Å². The molecule has 0 atom stereocenters. The van der Waals surface area contributed by atoms with Crippen molar-refractivity contribution in [3.63, 3.8) is 0 Å². The lowest BCUT2D eigenvalue weighted by Gasteiger charge is -2.19. The first-order valence-corrected chi connectivity index (χ1v) is 8.63. The van der Waals surface area contributed by atoms with Gasteiger partial charge in [-0.05, 0) is 12.1 Å². The van der Waals surface area contributed by atoms with Gasteiger partial charge in [0.2, 0.25) is 0 Å². The number of nitriles is 1. The number of carbonyl (C=O) groups is 1. The molecule has 0 bridgehead atoms. The van der Waals surface area contributed by atoms with Gasteiger partial charge in [-0.3, -0.25) is 4.79 Å². The van der Waals surface area contributed by atoms with Crippen molar-refractivity contribution < 1.29 is 4.79 Å². The Labute approximate surface area is 142 Å². The normalized spacial score (nSPS) is 13.0. The first-order chi connectivity index (χ1) is 11.1. The van der Waals surface area contributed by atoms with Crippen LogP contribution in [0.3, 0.4) is 0 Å². The second-order valence-corrected chi connectivity index (χ2v) is 6.89. The topological polar surface area (TPSA) is 73.1 Å². The zero-order chi connectivity index (χ0) is 16.4. The third kappa shape index (κ3) is 2.81. The van der Waals surface area contributed by atoms with Gasteiger partial charge >= 0.3 is 0 Å². The number of aromatic nitrogens is 2. The van der Waals surface area contributed by atoms with Crippen LogP contribution in [0.2, 0.25) is 0 Å². The quantitative estimate of drug-likeness (QED) is 0.480. The molecule has 0 saturated carbocycles. The first kappa shape index (κ1) is 15.5. The van der Waals surface area contributed by atoms with Crippen molar-refractivity contribution >= 4 is 40.3 Å². The van der Waals surface area contributed by atoms with E-state index in [9.17, 15) is 10.1 Å². The smallest absolute Gasteiger partial charge is 0.187 e. The van der Waals surface area contributed by atoms with Crippen molar-refractivity contribution in [3.8, 4) is 6.07 Å². The van der Waals surface area contributed by atoms with E-state index in [0.717, 1.165) is 15.7 Å². The van der Waals surface area contributed by atoms with Crippen LogP contribution in [0.15, 0.2) is 45.5 Å². The third-order valence-corrected chi connectivity index (χ3v) is 5.38. The minimum Gasteiger partial charge on any atom is -0.328 e. The summed E-state index contributed by atoms with van der Waals surface area (Å²) in [7, 11) is 3.72. The van der Waals surface area contributed by atoms with Crippen molar-refractivity contribution in [2.24, 2.45) is 0 Å². The van der Waals surface area contributed by atoms with Crippen molar-refractivity contribution in [2.75, 3.05) is 29.6 Å². The van der Waals surface area contributed by atoms with Gasteiger partial charge in [-0.25, -0.2) is 0 Å². The summed E-state index contributed by atoms with van der Waals surface area (Å²) in [5, 5.41) is 17.1. The number of thioether (sulfide) groups is 1. The van der Waals surface area contributed by atoms with Crippen LogP contribution in [0.5, 0.6) is 0 Å². The fourth-order valence-corrected chi connectivity index (χ4v) is 3.84. The van der Waals surface area contributed by atoms with E-state index in [0.29, 0.717) is 5.82 Å². The molecule has 0 amide bonds. The maximum Gasteiger partial charge on any atom is 0.187 e. The third-order valence-electron chi connectivity index (χ3n) is 3.52. The number of allylic oxidation sites excluding steroid dienone is 1. The molecule has 1 aliphatic heterocycles. The van der Waals surface area contributed by atoms with Crippen LogP contribution in [0.4, 0.5) is 11.4 Å². The van der Waals surface area contributed by atoms with Gasteiger partial charge in [-0.2, -0.15) is 5.26 Å². The molecule has 0 saturated heterocycles. The Kier molecular flexibility index (Phi) is 4.32. The number of hydrogen-bond donors (Lipinski definition) is 0. The zero-order valence-corrected chi connectivity index (χ0v) is 14.2. The monoisotopic (exact) mass is 343 g/mol. The van der Waals surface area contributed by atoms with Gasteiger partial charge in [0.1, 0.15) is 23.0 Å². The molecule has 0 aliphatic carbocycles. The summed E-state index contributed by atoms with van der Waals surface area (Å²) in [6.45, 7) is 0. The summed E-state index contributed by atoms with van der Waals surface area (Å²) < 4.78 is 0.719. The number of ketones is 1. The van der Waals surface area contributed by atoms with Crippen molar-refractivity contribution in [3.05, 3.63) is 41.2 Å². The minimum absolute atomic E-state index is 0.156. The summed E-state index contributed by atoms with van der Waals surface area (Å²) in [6, 6.07) is 9.88. The minimum atomic E-state index is -0.214. The maximum absolute atomic E-state index is 12.5. The Bertz CT molecular complexity index is 779. The average molecular weight is 343 g/mol. The second-order valence-electron chi connectivity index (χ2n) is 4.83. The largest absolute Gasteiger partial charge is 0.328 e. The molecule has 0 radical (unpaired) electrons. The highest BCUT2D eigenvalue weighted by molar-refractivity contribution is 8.01. The second kappa shape index (κ2) is 6.40. The van der Waals surface area contributed by atoms with E-state index >= 15 is 0 Å². The van der Waals surface area contributed by atoms with Crippen molar-refractivity contribution in [1.29, 1.82) is 5.26 Å². The summed E-state index contributed by atoms with van der Waals surface area (Å²) in [6.07, 6.45) is 0. The highest BCUT2D eigenvalue weighted by Crippen LogP contribution is 2.40. The fraction of sp³-hybridized carbons (Fsp3) is 0.200. The molecular formula is C15H13N5OS2. The highest BCUT2D eigenvalue weighted by atomic mass is 32.2. The molecule has 1 aliphatic rings. The van der Waals surface area contributed by atoms with Gasteiger partial charge in [-0.15, -0.1) is 10.2 Å². The maximum atomic E-state index is 12.5. The van der Waals surface area contributed by atoms with E-state index in [1.165, 1.54) is 23.1 Å². The van der Waals surface area contributed by atoms with E-state index in [-0.39, 0.29) is 17.1 Å². The van der Waals surface area contributed by atoms with Crippen LogP contribution >= 0.6 is 23.1 Å². The number of benzene rings is 1. The lowest BCUT2D eigenvalue weighted by Crippen LogP contribution is -2.26. The number of rotatable bonds is 4. The highest BCUT2D eigenvalue weighted by Gasteiger charge is 2.31. The number of para-hydroxylation sites is 2. The van der Waals surface area contributed by atoms with Gasteiger partial charge in [0, 0.05) is 14.1 Å². The van der Waals surface area contributed by atoms with Crippen LogP contribution in [0.25, 0.3) is 0 Å². The Balaban J connectivity index is 1.89. The molecule has 2 heterocycles. The molecule has 8 heteroatoms. The molecule has 3 rings (SSSR count). The van der Waals surface area contributed by atoms with Gasteiger partial charge in [0.05, 0.1) is 17.1 Å². The van der Waals surface area contributed by atoms with Crippen LogP contribution < -0.4 is 9.80 Å². The Morgan fingerprint density at radius 2 is 1.96 bits per heavy atom. The van der Waals surface area contributed by atoms with Crippen LogP contribution in [-0.2, 0) is 4.79 Å². The average Bonchev–Trinajstić information content (AvgIpc) is 3.17. The number of anilines is 2. The molecule has 1 aromatic carbocycles. The van der Waals surface area contributed by atoms with Crippen molar-refractivity contribution in [2.45, 2.75) is 4.34 Å². The molecule has 23 heavy (non-hydrogen) atoms. The number of carbonyl (C=O) groups excluding carboxylic acids is 1. The summed E-state index contributed by atoms with van der Waals surface area (Å²) in [4.78, 5) is 16.3. The van der Waals surface area contributed by atoms with E-state index in [1.54, 1.807) is 5.51 Å². The molecule has 1 aromatic heterocycles. The molecule has 2 aromatic rings. The lowest BCUT2D eigenvalue weighted by atomic mass is 10.2. The van der Waals surface area contributed by atoms with E-state index in [2.05, 4.69) is 16.3 Å². The molecular weight excluding hydrogens is 330 g/mol. The number of hydrogen-bond acceptors (Lipinski definition) is 8. The summed E-state index contributed by atoms with van der Waals surface area (Å²) in [5.74, 6) is 0.561. The van der Waals surface area contributed by atoms with Crippen LogP contribution in [0, 0.1) is 11.3 Å². The Hall–Kier alpha value is -2.37. The van der Waals surface area contributed by atoms with Gasteiger partial charge in [-0.1, -0.05) is 35.2 Å². The SMILES string of the molecule is CN1C(=C(C#N)C(=O)CSc2nncs2)N(C)c2ccccc21. The predicted molar refractivity (Wildman–Crippen MR) is 91.5 cm³/mol. The van der Waals surface area contributed by atoms with Gasteiger partial charge in [0.25, 0.3) is 0 Å². The molecule has 0 spiro atoms. The van der Waals surface area contributed by atoms with E-state index in [4.69, 9.17) is 0 Å². The molecule has 0 fully saturated rings. The van der Waals surface area contributed by atoms with Gasteiger partial charge in [0.15, 0.2) is 10.1 Å². The van der Waals surface area contributed by atoms with E-state index < -0.39 is 0 Å². The standard InChI is InChI=1S/C15H13N5OS2/c1-19-11-5-3-4-6-12(11)20(2)14(19)10(7-16)13(21)8-22-15-18-17-9-23-15/h3-6,9H,8H2,1-2H3. The number of fused-ring (bicyclic) bond motifs is 1. The first-order valence-electron chi connectivity index (χ1n) is 6.76. The number of nitrogens with zero attached hydrogens (tertiary/aromatic N) is 5. The fourth-order valence-electron chi connectivity index (χ4n) is 2.48. The summed E-state index contributed by atoms with van der Waals surface area (Å²) >= 11 is 2.67. The van der Waals surface area contributed by atoms with Gasteiger partial charge < -0.3 is 9.80 Å². The molecule has 0 unspecified atom stereocenters. The molecule has 0 N–H and O–H groups in total. The Morgan fingerprint density at radius 3 is 2.48 bits per heavy atom. The van der Waals surface area contributed by atoms with Crippen LogP contribution in [0.1, 0.15) is 0 Å². The molecule has 6 nitrogen and oxygen atoms in total. The lowest BCUT2D eigenvalue weighted by molar-refractivity contribution is -0.112. The Morgan fingerprint density at radius 1 is 1.30 bits per heavy atom. The molecule has 116 valence electrons. The summed E-state index contributed by atoms with van der Waals surface area (Å²) in [5.41, 5.74) is 3.72. The number of Topliss-reactive ketones (excluding diaryl/α,β-unsaturated/α-hetero) is 1. The van der Waals surface area contributed by atoms with Crippen molar-refractivity contribution in [1.82, 2.24) is 10.2 Å². The van der Waals surface area contributed by atoms with E-state index in [1.807, 2.05) is 48.2 Å².